The fraction of sp³-hybridized carbons (Fsp3) is 0.469. The maximum atomic E-state index is 13.8. The molecule has 5 N–H and O–H groups in total. The summed E-state index contributed by atoms with van der Waals surface area (Å²) in [6, 6.07) is 12.4. The molecule has 0 spiro atoms. The second-order valence-electron chi connectivity index (χ2n) is 13.0. The molecule has 10 heteroatoms. The zero-order valence-corrected chi connectivity index (χ0v) is 23.8. The third-order valence-corrected chi connectivity index (χ3v) is 9.93. The van der Waals surface area contributed by atoms with Crippen LogP contribution in [0.3, 0.4) is 0 Å². The molecule has 2 bridgehead atoms. The van der Waals surface area contributed by atoms with Crippen molar-refractivity contribution in [2.75, 3.05) is 13.1 Å². The molecule has 3 atom stereocenters. The lowest BCUT2D eigenvalue weighted by atomic mass is 9.49. The largest absolute Gasteiger partial charge is 0.512 e. The molecule has 42 heavy (non-hydrogen) atoms. The van der Waals surface area contributed by atoms with E-state index in [4.69, 9.17) is 4.52 Å². The van der Waals surface area contributed by atoms with Gasteiger partial charge in [0.2, 0.25) is 5.82 Å². The smallest absolute Gasteiger partial charge is 0.252 e. The summed E-state index contributed by atoms with van der Waals surface area (Å²) in [6.45, 7) is 5.05. The summed E-state index contributed by atoms with van der Waals surface area (Å²) >= 11 is 0. The van der Waals surface area contributed by atoms with Gasteiger partial charge >= 0.3 is 0 Å². The van der Waals surface area contributed by atoms with Gasteiger partial charge in [0.15, 0.2) is 11.5 Å². The summed E-state index contributed by atoms with van der Waals surface area (Å²) in [5, 5.41) is 52.7. The SMILES string of the molecule is CC(C)(NC(=O)C1=C(O)C[C@]23CCN(CC4CC4)[C@H](Cc4ccc(O)c(O)c42)[C@]3(O)C1)c1nc(-c2ccccc2)no1. The van der Waals surface area contributed by atoms with E-state index in [9.17, 15) is 25.2 Å². The zero-order valence-electron chi connectivity index (χ0n) is 23.8. The van der Waals surface area contributed by atoms with Gasteiger partial charge in [-0.2, -0.15) is 4.98 Å². The number of nitrogens with zero attached hydrogens (tertiary/aromatic N) is 3. The van der Waals surface area contributed by atoms with Crippen molar-refractivity contribution in [1.29, 1.82) is 0 Å². The van der Waals surface area contributed by atoms with E-state index in [2.05, 4.69) is 20.4 Å². The van der Waals surface area contributed by atoms with E-state index in [1.165, 1.54) is 18.9 Å². The number of likely N-dealkylation sites (tertiary alicyclic amines) is 1. The van der Waals surface area contributed by atoms with Gasteiger partial charge in [-0.05, 0) is 63.6 Å². The van der Waals surface area contributed by atoms with Crippen LogP contribution in [0.4, 0.5) is 0 Å². The van der Waals surface area contributed by atoms with Crippen LogP contribution in [0.15, 0.2) is 58.3 Å². The molecule has 1 saturated carbocycles. The molecule has 2 aromatic carbocycles. The number of aliphatic hydroxyl groups excluding tert-OH is 1. The molecule has 1 aromatic heterocycles. The molecule has 3 aromatic rings. The second-order valence-corrected chi connectivity index (χ2v) is 13.0. The minimum atomic E-state index is -1.45. The molecule has 4 aliphatic rings. The topological polar surface area (TPSA) is 152 Å². The molecule has 10 nitrogen and oxygen atoms in total. The van der Waals surface area contributed by atoms with Crippen LogP contribution in [0, 0.1) is 5.92 Å². The third-order valence-electron chi connectivity index (χ3n) is 9.93. The summed E-state index contributed by atoms with van der Waals surface area (Å²) in [4.78, 5) is 20.6. The van der Waals surface area contributed by atoms with Crippen LogP contribution in [0.1, 0.15) is 63.0 Å². The first-order valence-corrected chi connectivity index (χ1v) is 14.7. The lowest BCUT2D eigenvalue weighted by molar-refractivity contribution is -0.157. The monoisotopic (exact) mass is 572 g/mol. The predicted molar refractivity (Wildman–Crippen MR) is 153 cm³/mol. The van der Waals surface area contributed by atoms with Gasteiger partial charge in [0.05, 0.1) is 11.2 Å². The van der Waals surface area contributed by atoms with Gasteiger partial charge in [0.25, 0.3) is 11.8 Å². The number of allylic oxidation sites excluding steroid dienone is 1. The number of carbonyl (C=O) groups excluding carboxylic acids is 1. The van der Waals surface area contributed by atoms with E-state index in [1.807, 2.05) is 30.3 Å². The Morgan fingerprint density at radius 3 is 2.62 bits per heavy atom. The highest BCUT2D eigenvalue weighted by atomic mass is 16.5. The number of benzene rings is 2. The van der Waals surface area contributed by atoms with E-state index < -0.39 is 22.5 Å². The number of amides is 1. The normalized spacial score (nSPS) is 27.4. The molecule has 1 amide bonds. The first-order valence-electron chi connectivity index (χ1n) is 14.7. The van der Waals surface area contributed by atoms with E-state index in [-0.39, 0.29) is 47.6 Å². The maximum absolute atomic E-state index is 13.8. The van der Waals surface area contributed by atoms with Gasteiger partial charge in [-0.1, -0.05) is 41.6 Å². The fourth-order valence-corrected chi connectivity index (χ4v) is 7.54. The summed E-state index contributed by atoms with van der Waals surface area (Å²) in [6.07, 6.45) is 3.17. The Balaban J connectivity index is 1.23. The number of aromatic nitrogens is 2. The molecule has 7 rings (SSSR count). The Morgan fingerprint density at radius 1 is 1.12 bits per heavy atom. The van der Waals surface area contributed by atoms with Crippen LogP contribution < -0.4 is 5.32 Å². The first kappa shape index (κ1) is 27.0. The van der Waals surface area contributed by atoms with E-state index in [1.54, 1.807) is 19.9 Å². The van der Waals surface area contributed by atoms with Crippen molar-refractivity contribution in [3.8, 4) is 22.9 Å². The van der Waals surface area contributed by atoms with Crippen molar-refractivity contribution in [2.45, 2.75) is 75.0 Å². The highest BCUT2D eigenvalue weighted by molar-refractivity contribution is 5.95. The van der Waals surface area contributed by atoms with Crippen molar-refractivity contribution in [3.05, 3.63) is 70.8 Å². The lowest BCUT2D eigenvalue weighted by Gasteiger charge is -2.63. The van der Waals surface area contributed by atoms with Crippen LogP contribution in [0.5, 0.6) is 11.5 Å². The number of phenolic OH excluding ortho intramolecular Hbond substituents is 2. The van der Waals surface area contributed by atoms with Gasteiger partial charge in [0, 0.05) is 42.0 Å². The van der Waals surface area contributed by atoms with E-state index in [0.29, 0.717) is 36.7 Å². The predicted octanol–water partition coefficient (Wildman–Crippen LogP) is 3.81. The number of phenols is 2. The fourth-order valence-electron chi connectivity index (χ4n) is 7.54. The Bertz CT molecular complexity index is 1600. The molecule has 0 unspecified atom stereocenters. The minimum absolute atomic E-state index is 0.0246. The van der Waals surface area contributed by atoms with Crippen LogP contribution in [0.2, 0.25) is 0 Å². The summed E-state index contributed by atoms with van der Waals surface area (Å²) in [5.41, 5.74) is -1.35. The number of hydrogen-bond donors (Lipinski definition) is 5. The van der Waals surface area contributed by atoms with E-state index in [0.717, 1.165) is 17.7 Å². The summed E-state index contributed by atoms with van der Waals surface area (Å²) in [7, 11) is 0. The molecule has 1 aliphatic heterocycles. The molecule has 2 fully saturated rings. The Hall–Kier alpha value is -3.89. The van der Waals surface area contributed by atoms with Crippen LogP contribution in [0.25, 0.3) is 11.4 Å². The third kappa shape index (κ3) is 4.03. The van der Waals surface area contributed by atoms with Crippen LogP contribution in [-0.4, -0.2) is 66.1 Å². The summed E-state index contributed by atoms with van der Waals surface area (Å²) < 4.78 is 5.52. The van der Waals surface area contributed by atoms with Crippen molar-refractivity contribution in [2.24, 2.45) is 5.92 Å². The molecule has 220 valence electrons. The molecular weight excluding hydrogens is 536 g/mol. The quantitative estimate of drug-likeness (QED) is 0.278. The molecule has 2 heterocycles. The van der Waals surface area contributed by atoms with Crippen molar-refractivity contribution < 1.29 is 29.7 Å². The lowest BCUT2D eigenvalue weighted by Crippen LogP contribution is -2.73. The molecule has 0 radical (unpaired) electrons. The molecule has 3 aliphatic carbocycles. The van der Waals surface area contributed by atoms with Crippen molar-refractivity contribution in [3.63, 3.8) is 0 Å². The van der Waals surface area contributed by atoms with Gasteiger partial charge < -0.3 is 30.3 Å². The van der Waals surface area contributed by atoms with Gasteiger partial charge in [0.1, 0.15) is 11.3 Å². The van der Waals surface area contributed by atoms with Crippen molar-refractivity contribution in [1.82, 2.24) is 20.4 Å². The minimum Gasteiger partial charge on any atom is -0.512 e. The Kier molecular flexibility index (Phi) is 5.98. The van der Waals surface area contributed by atoms with Crippen LogP contribution in [-0.2, 0) is 22.2 Å². The number of aromatic hydroxyl groups is 2. The number of fused-ring (bicyclic) bond motifs is 1. The van der Waals surface area contributed by atoms with E-state index >= 15 is 0 Å². The molecule has 1 saturated heterocycles. The number of carbonyl (C=O) groups is 1. The van der Waals surface area contributed by atoms with Gasteiger partial charge in [-0.3, -0.25) is 9.69 Å². The first-order chi connectivity index (χ1) is 20.0. The Morgan fingerprint density at radius 2 is 1.88 bits per heavy atom. The van der Waals surface area contributed by atoms with Gasteiger partial charge in [-0.25, -0.2) is 0 Å². The number of aliphatic hydroxyl groups is 2. The average molecular weight is 573 g/mol. The number of hydrogen-bond acceptors (Lipinski definition) is 9. The average Bonchev–Trinajstić information content (AvgIpc) is 3.62. The number of nitrogens with one attached hydrogen (secondary N) is 1. The summed E-state index contributed by atoms with van der Waals surface area (Å²) in [5.74, 6) is 0.0325. The Labute approximate surface area is 243 Å². The second kappa shape index (κ2) is 9.31. The maximum Gasteiger partial charge on any atom is 0.252 e. The standard InChI is InChI=1S/C32H36N4O6/c1-30(2,29-33-27(35-42-29)19-6-4-3-5-7-19)34-28(40)21-15-32(41)24-14-20-10-11-22(37)26(39)25(20)31(32,16-23(21)38)12-13-36(24)17-18-8-9-18/h3-7,10-11,18,24,37-39,41H,8-9,12-17H2,1-2H3,(H,34,40)/t24-,31-,32-/m1/s1. The van der Waals surface area contributed by atoms with Crippen molar-refractivity contribution >= 4 is 5.91 Å². The highest BCUT2D eigenvalue weighted by Gasteiger charge is 2.66. The highest BCUT2D eigenvalue weighted by Crippen LogP contribution is 2.62. The number of piperidine rings is 1. The molecular formula is C32H36N4O6. The number of rotatable bonds is 6. The van der Waals surface area contributed by atoms with Gasteiger partial charge in [-0.15, -0.1) is 0 Å². The van der Waals surface area contributed by atoms with Crippen LogP contribution >= 0.6 is 0 Å². The zero-order chi connectivity index (χ0) is 29.4.